The standard InChI is InChI=1S/C20H27N3O2S/c1-13(2)8-9-14(3)21-18(24)12-26-20-22-17-7-5-4-6-16(17)19(25)23(20)15-10-11-15/h4-7,13-15H,8-12H2,1-3H3,(H,21,24). The quantitative estimate of drug-likeness (QED) is 0.565. The van der Waals surface area contributed by atoms with Gasteiger partial charge in [0.25, 0.3) is 5.56 Å². The number of aromatic nitrogens is 2. The Balaban J connectivity index is 1.69. The molecule has 1 aliphatic rings. The summed E-state index contributed by atoms with van der Waals surface area (Å²) in [6, 6.07) is 7.82. The van der Waals surface area contributed by atoms with Crippen molar-refractivity contribution in [2.45, 2.75) is 63.7 Å². The minimum Gasteiger partial charge on any atom is -0.353 e. The van der Waals surface area contributed by atoms with Gasteiger partial charge in [-0.15, -0.1) is 0 Å². The van der Waals surface area contributed by atoms with Crippen molar-refractivity contribution in [1.29, 1.82) is 0 Å². The Kier molecular flexibility index (Phi) is 6.01. The molecule has 140 valence electrons. The van der Waals surface area contributed by atoms with Gasteiger partial charge in [-0.25, -0.2) is 4.98 Å². The average Bonchev–Trinajstić information content (AvgIpc) is 3.43. The molecule has 1 aromatic heterocycles. The Bertz CT molecular complexity index is 843. The zero-order valence-corrected chi connectivity index (χ0v) is 16.5. The highest BCUT2D eigenvalue weighted by Gasteiger charge is 2.28. The van der Waals surface area contributed by atoms with Crippen LogP contribution in [0, 0.1) is 5.92 Å². The Morgan fingerprint density at radius 1 is 1.27 bits per heavy atom. The number of carbonyl (C=O) groups excluding carboxylic acids is 1. The summed E-state index contributed by atoms with van der Waals surface area (Å²) in [6.45, 7) is 6.42. The Hall–Kier alpha value is -1.82. The highest BCUT2D eigenvalue weighted by Crippen LogP contribution is 2.36. The molecule has 26 heavy (non-hydrogen) atoms. The highest BCUT2D eigenvalue weighted by molar-refractivity contribution is 7.99. The number of hydrogen-bond donors (Lipinski definition) is 1. The normalized spacial score (nSPS) is 15.4. The van der Waals surface area contributed by atoms with Crippen LogP contribution in [0.1, 0.15) is 52.5 Å². The molecule has 1 saturated carbocycles. The van der Waals surface area contributed by atoms with Gasteiger partial charge in [0.05, 0.1) is 16.7 Å². The molecule has 1 aliphatic carbocycles. The van der Waals surface area contributed by atoms with Crippen LogP contribution in [0.5, 0.6) is 0 Å². The molecule has 1 aromatic carbocycles. The predicted octanol–water partition coefficient (Wildman–Crippen LogP) is 3.76. The monoisotopic (exact) mass is 373 g/mol. The molecule has 1 fully saturated rings. The van der Waals surface area contributed by atoms with Crippen molar-refractivity contribution in [2.24, 2.45) is 5.92 Å². The summed E-state index contributed by atoms with van der Waals surface area (Å²) in [5.41, 5.74) is 0.703. The van der Waals surface area contributed by atoms with Gasteiger partial charge in [-0.1, -0.05) is 37.7 Å². The second-order valence-electron chi connectivity index (χ2n) is 7.55. The molecular weight excluding hydrogens is 346 g/mol. The minimum absolute atomic E-state index is 0.00369. The van der Waals surface area contributed by atoms with Crippen molar-refractivity contribution in [1.82, 2.24) is 14.9 Å². The van der Waals surface area contributed by atoms with E-state index in [9.17, 15) is 9.59 Å². The van der Waals surface area contributed by atoms with Crippen molar-refractivity contribution in [3.05, 3.63) is 34.6 Å². The molecule has 1 N–H and O–H groups in total. The lowest BCUT2D eigenvalue weighted by Crippen LogP contribution is -2.34. The summed E-state index contributed by atoms with van der Waals surface area (Å²) in [5.74, 6) is 0.915. The lowest BCUT2D eigenvalue weighted by Gasteiger charge is -2.16. The average molecular weight is 374 g/mol. The number of fused-ring (bicyclic) bond motifs is 1. The van der Waals surface area contributed by atoms with E-state index in [1.54, 1.807) is 4.57 Å². The third-order valence-corrected chi connectivity index (χ3v) is 5.56. The summed E-state index contributed by atoms with van der Waals surface area (Å²) in [7, 11) is 0. The fourth-order valence-corrected chi connectivity index (χ4v) is 3.86. The van der Waals surface area contributed by atoms with Crippen LogP contribution in [0.25, 0.3) is 10.9 Å². The lowest BCUT2D eigenvalue weighted by atomic mass is 10.0. The summed E-state index contributed by atoms with van der Waals surface area (Å²) in [5, 5.41) is 4.35. The largest absolute Gasteiger partial charge is 0.353 e. The molecule has 2 aromatic rings. The fraction of sp³-hybridized carbons (Fsp3) is 0.550. The number of rotatable bonds is 8. The van der Waals surface area contributed by atoms with Crippen molar-refractivity contribution < 1.29 is 4.79 Å². The van der Waals surface area contributed by atoms with Gasteiger partial charge in [0.15, 0.2) is 5.16 Å². The second kappa shape index (κ2) is 8.25. The van der Waals surface area contributed by atoms with Gasteiger partial charge in [-0.05, 0) is 50.7 Å². The van der Waals surface area contributed by atoms with Gasteiger partial charge >= 0.3 is 0 Å². The molecule has 0 bridgehead atoms. The first-order chi connectivity index (χ1) is 12.5. The smallest absolute Gasteiger partial charge is 0.262 e. The van der Waals surface area contributed by atoms with Crippen LogP contribution < -0.4 is 10.9 Å². The molecule has 3 rings (SSSR count). The molecule has 5 nitrogen and oxygen atoms in total. The summed E-state index contributed by atoms with van der Waals surface area (Å²) in [6.07, 6.45) is 4.09. The number of para-hydroxylation sites is 1. The van der Waals surface area contributed by atoms with E-state index >= 15 is 0 Å². The van der Waals surface area contributed by atoms with Crippen molar-refractivity contribution in [3.63, 3.8) is 0 Å². The summed E-state index contributed by atoms with van der Waals surface area (Å²) in [4.78, 5) is 29.7. The molecule has 6 heteroatoms. The van der Waals surface area contributed by atoms with Crippen LogP contribution in [0.3, 0.4) is 0 Å². The Morgan fingerprint density at radius 2 is 2.00 bits per heavy atom. The Morgan fingerprint density at radius 3 is 2.69 bits per heavy atom. The molecule has 0 aliphatic heterocycles. The lowest BCUT2D eigenvalue weighted by molar-refractivity contribution is -0.119. The van der Waals surface area contributed by atoms with E-state index in [2.05, 4.69) is 24.1 Å². The molecular formula is C20H27N3O2S. The van der Waals surface area contributed by atoms with Gasteiger partial charge in [0.1, 0.15) is 0 Å². The van der Waals surface area contributed by atoms with Crippen LogP contribution in [0.4, 0.5) is 0 Å². The van der Waals surface area contributed by atoms with Gasteiger partial charge in [0.2, 0.25) is 5.91 Å². The number of thioether (sulfide) groups is 1. The maximum Gasteiger partial charge on any atom is 0.262 e. The van der Waals surface area contributed by atoms with E-state index in [4.69, 9.17) is 0 Å². The first kappa shape index (κ1) is 19.0. The fourth-order valence-electron chi connectivity index (χ4n) is 2.98. The third-order valence-electron chi connectivity index (χ3n) is 4.60. The van der Waals surface area contributed by atoms with E-state index in [-0.39, 0.29) is 29.3 Å². The van der Waals surface area contributed by atoms with Crippen molar-refractivity contribution in [2.75, 3.05) is 5.75 Å². The number of nitrogens with zero attached hydrogens (tertiary/aromatic N) is 2. The van der Waals surface area contributed by atoms with Crippen LogP contribution in [0.2, 0.25) is 0 Å². The maximum atomic E-state index is 12.8. The van der Waals surface area contributed by atoms with Gasteiger partial charge in [-0.3, -0.25) is 14.2 Å². The van der Waals surface area contributed by atoms with Crippen LogP contribution in [-0.4, -0.2) is 27.3 Å². The van der Waals surface area contributed by atoms with Crippen molar-refractivity contribution >= 4 is 28.6 Å². The number of hydrogen-bond acceptors (Lipinski definition) is 4. The first-order valence-corrected chi connectivity index (χ1v) is 10.4. The first-order valence-electron chi connectivity index (χ1n) is 9.39. The van der Waals surface area contributed by atoms with Gasteiger partial charge < -0.3 is 5.32 Å². The predicted molar refractivity (Wildman–Crippen MR) is 107 cm³/mol. The zero-order chi connectivity index (χ0) is 18.7. The SMILES string of the molecule is CC(C)CCC(C)NC(=O)CSc1nc2ccccc2c(=O)n1C1CC1. The number of carbonyl (C=O) groups is 1. The number of nitrogens with one attached hydrogen (secondary N) is 1. The third kappa shape index (κ3) is 4.67. The summed E-state index contributed by atoms with van der Waals surface area (Å²) >= 11 is 1.36. The highest BCUT2D eigenvalue weighted by atomic mass is 32.2. The van der Waals surface area contributed by atoms with Crippen LogP contribution in [0.15, 0.2) is 34.2 Å². The number of amides is 1. The summed E-state index contributed by atoms with van der Waals surface area (Å²) < 4.78 is 1.78. The van der Waals surface area contributed by atoms with E-state index in [0.29, 0.717) is 22.0 Å². The van der Waals surface area contributed by atoms with Gasteiger partial charge in [-0.2, -0.15) is 0 Å². The molecule has 0 saturated heterocycles. The maximum absolute atomic E-state index is 12.8. The molecule has 0 radical (unpaired) electrons. The topological polar surface area (TPSA) is 64.0 Å². The second-order valence-corrected chi connectivity index (χ2v) is 8.49. The zero-order valence-electron chi connectivity index (χ0n) is 15.7. The number of benzene rings is 1. The van der Waals surface area contributed by atoms with Crippen LogP contribution in [-0.2, 0) is 4.79 Å². The van der Waals surface area contributed by atoms with Gasteiger partial charge in [0, 0.05) is 12.1 Å². The van der Waals surface area contributed by atoms with E-state index in [0.717, 1.165) is 25.7 Å². The minimum atomic E-state index is -0.00369. The molecule has 0 spiro atoms. The van der Waals surface area contributed by atoms with Crippen molar-refractivity contribution in [3.8, 4) is 0 Å². The van der Waals surface area contributed by atoms with E-state index in [1.165, 1.54) is 11.8 Å². The van der Waals surface area contributed by atoms with E-state index in [1.807, 2.05) is 31.2 Å². The van der Waals surface area contributed by atoms with E-state index < -0.39 is 0 Å². The Labute approximate surface area is 158 Å². The molecule has 1 atom stereocenters. The molecule has 1 amide bonds. The molecule has 1 heterocycles. The molecule has 1 unspecified atom stereocenters. The van der Waals surface area contributed by atoms with Crippen LogP contribution >= 0.6 is 11.8 Å².